The third kappa shape index (κ3) is 3.97. The van der Waals surface area contributed by atoms with Gasteiger partial charge < -0.3 is 10.6 Å². The highest BCUT2D eigenvalue weighted by Gasteiger charge is 2.38. The lowest BCUT2D eigenvalue weighted by Crippen LogP contribution is -2.36. The van der Waals surface area contributed by atoms with Gasteiger partial charge in [-0.15, -0.1) is 0 Å². The second-order valence-corrected chi connectivity index (χ2v) is 4.64. The summed E-state index contributed by atoms with van der Waals surface area (Å²) in [6, 6.07) is 6.37. The van der Waals surface area contributed by atoms with Gasteiger partial charge in [-0.25, -0.2) is 0 Å². The molecule has 2 amide bonds. The Morgan fingerprint density at radius 3 is 2.55 bits per heavy atom. The summed E-state index contributed by atoms with van der Waals surface area (Å²) in [7, 11) is 0. The maximum atomic E-state index is 12.0. The van der Waals surface area contributed by atoms with Crippen molar-refractivity contribution in [2.45, 2.75) is 25.6 Å². The predicted octanol–water partition coefficient (Wildman–Crippen LogP) is 2.21. The van der Waals surface area contributed by atoms with Crippen LogP contribution >= 0.6 is 0 Å². The Bertz CT molecular complexity index is 525. The highest BCUT2D eigenvalue weighted by molar-refractivity contribution is 5.94. The summed E-state index contributed by atoms with van der Waals surface area (Å²) in [5, 5.41) is 4.47. The summed E-state index contributed by atoms with van der Waals surface area (Å²) in [5.41, 5.74) is 0.997. The van der Waals surface area contributed by atoms with Crippen LogP contribution in [0.4, 0.5) is 18.9 Å². The molecule has 0 bridgehead atoms. The lowest BCUT2D eigenvalue weighted by molar-refractivity contribution is -0.173. The van der Waals surface area contributed by atoms with Crippen LogP contribution in [0, 0.1) is 5.92 Å². The summed E-state index contributed by atoms with van der Waals surface area (Å²) in [6.45, 7) is -0.245. The van der Waals surface area contributed by atoms with Crippen LogP contribution in [0.15, 0.2) is 24.3 Å². The fraction of sp³-hybridized carbons (Fsp3) is 0.385. The molecule has 108 valence electrons. The molecule has 1 aliphatic rings. The number of rotatable bonds is 4. The van der Waals surface area contributed by atoms with Gasteiger partial charge in [-0.2, -0.15) is 13.2 Å². The summed E-state index contributed by atoms with van der Waals surface area (Å²) in [5.74, 6) is -2.02. The van der Waals surface area contributed by atoms with Crippen molar-refractivity contribution in [3.63, 3.8) is 0 Å². The molecule has 7 heteroatoms. The zero-order chi connectivity index (χ0) is 14.8. The van der Waals surface area contributed by atoms with Crippen molar-refractivity contribution >= 4 is 17.5 Å². The molecule has 4 nitrogen and oxygen atoms in total. The lowest BCUT2D eigenvalue weighted by Gasteiger charge is -2.09. The van der Waals surface area contributed by atoms with E-state index in [4.69, 9.17) is 0 Å². The third-order valence-corrected chi connectivity index (χ3v) is 2.85. The molecule has 2 N–H and O–H groups in total. The summed E-state index contributed by atoms with van der Waals surface area (Å²) < 4.78 is 36.1. The lowest BCUT2D eigenvalue weighted by atomic mass is 10.2. The predicted molar refractivity (Wildman–Crippen MR) is 65.7 cm³/mol. The normalized spacial score (nSPS) is 14.8. The smallest absolute Gasteiger partial charge is 0.344 e. The fourth-order valence-electron chi connectivity index (χ4n) is 1.63. The van der Waals surface area contributed by atoms with Gasteiger partial charge >= 0.3 is 12.1 Å². The van der Waals surface area contributed by atoms with Crippen LogP contribution in [0.5, 0.6) is 0 Å². The molecule has 0 saturated heterocycles. The van der Waals surface area contributed by atoms with Crippen molar-refractivity contribution in [1.29, 1.82) is 0 Å². The van der Waals surface area contributed by atoms with E-state index in [2.05, 4.69) is 5.32 Å². The summed E-state index contributed by atoms with van der Waals surface area (Å²) in [6.07, 6.45) is -3.15. The summed E-state index contributed by atoms with van der Waals surface area (Å²) >= 11 is 0. The molecule has 1 fully saturated rings. The molecule has 0 spiro atoms. The third-order valence-electron chi connectivity index (χ3n) is 2.85. The van der Waals surface area contributed by atoms with Crippen LogP contribution in [0.2, 0.25) is 0 Å². The number of carbonyl (C=O) groups is 2. The maximum Gasteiger partial charge on any atom is 0.471 e. The molecule has 0 aliphatic heterocycles. The van der Waals surface area contributed by atoms with Gasteiger partial charge in [0.1, 0.15) is 0 Å². The van der Waals surface area contributed by atoms with Gasteiger partial charge in [0.2, 0.25) is 5.91 Å². The molecule has 2 rings (SSSR count). The van der Waals surface area contributed by atoms with Gasteiger partial charge in [-0.05, 0) is 30.5 Å². The van der Waals surface area contributed by atoms with Gasteiger partial charge in [-0.3, -0.25) is 9.59 Å². The number of anilines is 1. The van der Waals surface area contributed by atoms with E-state index in [1.807, 2.05) is 0 Å². The molecule has 0 atom stereocenters. The van der Waals surface area contributed by atoms with E-state index in [0.717, 1.165) is 12.8 Å². The molecule has 1 aromatic carbocycles. The first-order valence-corrected chi connectivity index (χ1v) is 6.11. The zero-order valence-corrected chi connectivity index (χ0v) is 10.5. The van der Waals surface area contributed by atoms with Crippen molar-refractivity contribution in [2.75, 3.05) is 5.32 Å². The number of hydrogen-bond donors (Lipinski definition) is 2. The first kappa shape index (κ1) is 14.4. The standard InChI is InChI=1S/C13H13F3N2O2/c14-13(15,16)12(20)17-7-8-2-1-3-10(6-8)18-11(19)9-4-5-9/h1-3,6,9H,4-5,7H2,(H,17,20)(H,18,19). The molecule has 0 aromatic heterocycles. The van der Waals surface area contributed by atoms with Crippen LogP contribution in [-0.2, 0) is 16.1 Å². The highest BCUT2D eigenvalue weighted by atomic mass is 19.4. The summed E-state index contributed by atoms with van der Waals surface area (Å²) in [4.78, 5) is 22.2. The number of nitrogens with one attached hydrogen (secondary N) is 2. The second kappa shape index (κ2) is 5.52. The number of hydrogen-bond acceptors (Lipinski definition) is 2. The quantitative estimate of drug-likeness (QED) is 0.891. The zero-order valence-electron chi connectivity index (χ0n) is 10.5. The molecule has 1 aromatic rings. The number of halogens is 3. The van der Waals surface area contributed by atoms with Crippen LogP contribution in [-0.4, -0.2) is 18.0 Å². The minimum Gasteiger partial charge on any atom is -0.344 e. The maximum absolute atomic E-state index is 12.0. The average molecular weight is 286 g/mol. The SMILES string of the molecule is O=C(Nc1cccc(CNC(=O)C(F)(F)F)c1)C1CC1. The molecule has 1 saturated carbocycles. The Morgan fingerprint density at radius 1 is 1.25 bits per heavy atom. The van der Waals surface area contributed by atoms with Crippen molar-refractivity contribution < 1.29 is 22.8 Å². The van der Waals surface area contributed by atoms with Crippen molar-refractivity contribution in [3.8, 4) is 0 Å². The van der Waals surface area contributed by atoms with Gasteiger partial charge in [0.15, 0.2) is 0 Å². The second-order valence-electron chi connectivity index (χ2n) is 4.64. The number of alkyl halides is 3. The van der Waals surface area contributed by atoms with Gasteiger partial charge in [0.05, 0.1) is 0 Å². The Labute approximate surface area is 113 Å². The Morgan fingerprint density at radius 2 is 1.95 bits per heavy atom. The van der Waals surface area contributed by atoms with Crippen LogP contribution < -0.4 is 10.6 Å². The Kier molecular flexibility index (Phi) is 3.96. The number of carbonyl (C=O) groups excluding carboxylic acids is 2. The van der Waals surface area contributed by atoms with Gasteiger partial charge in [0.25, 0.3) is 0 Å². The monoisotopic (exact) mass is 286 g/mol. The molecular weight excluding hydrogens is 273 g/mol. The molecule has 20 heavy (non-hydrogen) atoms. The largest absolute Gasteiger partial charge is 0.471 e. The fourth-order valence-corrected chi connectivity index (χ4v) is 1.63. The van der Waals surface area contributed by atoms with Crippen molar-refractivity contribution in [2.24, 2.45) is 5.92 Å². The number of benzene rings is 1. The molecule has 0 radical (unpaired) electrons. The van der Waals surface area contributed by atoms with E-state index in [1.165, 1.54) is 6.07 Å². The van der Waals surface area contributed by atoms with Crippen LogP contribution in [0.3, 0.4) is 0 Å². The molecular formula is C13H13F3N2O2. The van der Waals surface area contributed by atoms with E-state index in [1.54, 1.807) is 23.5 Å². The van der Waals surface area contributed by atoms with E-state index in [-0.39, 0.29) is 18.4 Å². The van der Waals surface area contributed by atoms with Crippen LogP contribution in [0.1, 0.15) is 18.4 Å². The van der Waals surface area contributed by atoms with Crippen LogP contribution in [0.25, 0.3) is 0 Å². The Balaban J connectivity index is 1.92. The minimum atomic E-state index is -4.89. The van der Waals surface area contributed by atoms with Gasteiger partial charge in [0, 0.05) is 18.2 Å². The average Bonchev–Trinajstić information content (AvgIpc) is 3.19. The number of amides is 2. The van der Waals surface area contributed by atoms with Crippen molar-refractivity contribution in [3.05, 3.63) is 29.8 Å². The van der Waals surface area contributed by atoms with Gasteiger partial charge in [-0.1, -0.05) is 12.1 Å². The Hall–Kier alpha value is -2.05. The van der Waals surface area contributed by atoms with E-state index < -0.39 is 12.1 Å². The van der Waals surface area contributed by atoms with E-state index in [9.17, 15) is 22.8 Å². The molecule has 0 heterocycles. The molecule has 1 aliphatic carbocycles. The van der Waals surface area contributed by atoms with Crippen molar-refractivity contribution in [1.82, 2.24) is 5.32 Å². The topological polar surface area (TPSA) is 58.2 Å². The first-order chi connectivity index (χ1) is 9.36. The molecule has 0 unspecified atom stereocenters. The first-order valence-electron chi connectivity index (χ1n) is 6.11. The van der Waals surface area contributed by atoms with E-state index in [0.29, 0.717) is 11.3 Å². The highest BCUT2D eigenvalue weighted by Crippen LogP contribution is 2.30. The minimum absolute atomic E-state index is 0.0450. The van der Waals surface area contributed by atoms with E-state index >= 15 is 0 Å².